The molecular formula is C4H8N2O3. The van der Waals surface area contributed by atoms with E-state index < -0.39 is 17.9 Å². The molecule has 5 heteroatoms. The molecule has 0 saturated carbocycles. The molecule has 0 spiro atoms. The van der Waals surface area contributed by atoms with Gasteiger partial charge in [0.05, 0.1) is 6.42 Å². The standard InChI is InChI=1S/C4H8N2O3/c5-2(4(8)9)1-3(6)7/h2H,1,5H2,(H2,6,7)(H,8,9)/t2-/m0/s1/i4+2. The van der Waals surface area contributed by atoms with Crippen LogP contribution in [0.5, 0.6) is 0 Å². The highest BCUT2D eigenvalue weighted by molar-refractivity contribution is 5.82. The number of hydrogen-bond donors (Lipinski definition) is 3. The van der Waals surface area contributed by atoms with Crippen molar-refractivity contribution >= 4 is 11.9 Å². The molecule has 5 nitrogen and oxygen atoms in total. The van der Waals surface area contributed by atoms with Crippen molar-refractivity contribution in [1.82, 2.24) is 0 Å². The van der Waals surface area contributed by atoms with Gasteiger partial charge in [0, 0.05) is 0 Å². The lowest BCUT2D eigenvalue weighted by Gasteiger charge is -1.99. The lowest BCUT2D eigenvalue weighted by molar-refractivity contribution is -0.140. The maximum absolute atomic E-state index is 9.99. The summed E-state index contributed by atoms with van der Waals surface area (Å²) in [5.41, 5.74) is 9.57. The summed E-state index contributed by atoms with van der Waals surface area (Å²) >= 11 is 0. The van der Waals surface area contributed by atoms with E-state index in [0.717, 1.165) is 0 Å². The molecular weight excluding hydrogens is 126 g/mol. The Kier molecular flexibility index (Phi) is 2.66. The van der Waals surface area contributed by atoms with Gasteiger partial charge in [-0.25, -0.2) is 0 Å². The summed E-state index contributed by atoms with van der Waals surface area (Å²) in [6.07, 6.45) is -0.310. The Hall–Kier alpha value is -1.10. The highest BCUT2D eigenvalue weighted by Crippen LogP contribution is 1.84. The Morgan fingerprint density at radius 2 is 2.22 bits per heavy atom. The second-order valence-electron chi connectivity index (χ2n) is 1.62. The van der Waals surface area contributed by atoms with Crippen LogP contribution < -0.4 is 11.5 Å². The Bertz CT molecular complexity index is 134. The zero-order valence-electron chi connectivity index (χ0n) is 4.70. The summed E-state index contributed by atoms with van der Waals surface area (Å²) in [6.45, 7) is 0. The molecule has 1 amide bonds. The minimum Gasteiger partial charge on any atom is -0.480 e. The maximum Gasteiger partial charge on any atom is 0.321 e. The van der Waals surface area contributed by atoms with Crippen LogP contribution in [0.25, 0.3) is 0 Å². The first-order valence-corrected chi connectivity index (χ1v) is 2.30. The molecule has 0 aromatic rings. The van der Waals surface area contributed by atoms with Gasteiger partial charge in [0.2, 0.25) is 5.91 Å². The van der Waals surface area contributed by atoms with Gasteiger partial charge in [-0.15, -0.1) is 0 Å². The first kappa shape index (κ1) is 7.90. The smallest absolute Gasteiger partial charge is 0.321 e. The predicted molar refractivity (Wildman–Crippen MR) is 29.4 cm³/mol. The lowest BCUT2D eigenvalue weighted by Crippen LogP contribution is -2.34. The summed E-state index contributed by atoms with van der Waals surface area (Å²) in [5.74, 6) is -1.92. The van der Waals surface area contributed by atoms with Crippen molar-refractivity contribution in [2.24, 2.45) is 11.5 Å². The van der Waals surface area contributed by atoms with Gasteiger partial charge < -0.3 is 16.6 Å². The molecule has 0 aliphatic heterocycles. The van der Waals surface area contributed by atoms with E-state index in [9.17, 15) is 9.59 Å². The third-order valence-electron chi connectivity index (χ3n) is 0.738. The van der Waals surface area contributed by atoms with Gasteiger partial charge in [-0.05, 0) is 0 Å². The molecule has 0 unspecified atom stereocenters. The molecule has 0 saturated heterocycles. The summed E-state index contributed by atoms with van der Waals surface area (Å²) in [7, 11) is 0. The molecule has 0 aliphatic rings. The van der Waals surface area contributed by atoms with E-state index in [1.807, 2.05) is 0 Å². The second-order valence-corrected chi connectivity index (χ2v) is 1.62. The van der Waals surface area contributed by atoms with Gasteiger partial charge in [-0.3, -0.25) is 9.59 Å². The van der Waals surface area contributed by atoms with Gasteiger partial charge in [-0.2, -0.15) is 0 Å². The van der Waals surface area contributed by atoms with Crippen molar-refractivity contribution in [2.45, 2.75) is 12.5 Å². The van der Waals surface area contributed by atoms with Gasteiger partial charge in [-0.1, -0.05) is 0 Å². The van der Waals surface area contributed by atoms with Crippen molar-refractivity contribution < 1.29 is 14.7 Å². The van der Waals surface area contributed by atoms with E-state index >= 15 is 0 Å². The Morgan fingerprint density at radius 1 is 1.78 bits per heavy atom. The number of hydrogen-bond acceptors (Lipinski definition) is 3. The highest BCUT2D eigenvalue weighted by atomic mass is 16.6. The average Bonchev–Trinajstić information content (AvgIpc) is 1.63. The average molecular weight is 134 g/mol. The van der Waals surface area contributed by atoms with Crippen molar-refractivity contribution in [3.63, 3.8) is 0 Å². The van der Waals surface area contributed by atoms with Gasteiger partial charge in [0.15, 0.2) is 0 Å². The first-order chi connectivity index (χ1) is 4.04. The van der Waals surface area contributed by atoms with Crippen molar-refractivity contribution in [3.05, 3.63) is 0 Å². The number of nitrogens with two attached hydrogens (primary N) is 2. The van der Waals surface area contributed by atoms with Gasteiger partial charge in [0.25, 0.3) is 0 Å². The maximum atomic E-state index is 9.99. The van der Waals surface area contributed by atoms with Crippen LogP contribution in [0.2, 0.25) is 0 Å². The number of rotatable bonds is 3. The number of amides is 1. The molecule has 0 aromatic carbocycles. The van der Waals surface area contributed by atoms with E-state index in [0.29, 0.717) is 0 Å². The number of carboxylic acid groups (broad SMARTS) is 1. The summed E-state index contributed by atoms with van der Waals surface area (Å²) < 4.78 is 0. The number of carbonyl (C=O) groups is 2. The zero-order chi connectivity index (χ0) is 7.44. The highest BCUT2D eigenvalue weighted by Gasteiger charge is 2.13. The SMILES string of the molecule is NC(=O)C[C@H](N)[14C](=O)O. The molecule has 0 heterocycles. The zero-order valence-corrected chi connectivity index (χ0v) is 4.70. The number of carboxylic acids is 1. The quantitative estimate of drug-likeness (QED) is 0.426. The fraction of sp³-hybridized carbons (Fsp3) is 0.500. The van der Waals surface area contributed by atoms with Crippen LogP contribution in [-0.2, 0) is 9.59 Å². The minimum atomic E-state index is -1.21. The largest absolute Gasteiger partial charge is 0.480 e. The van der Waals surface area contributed by atoms with Crippen LogP contribution in [0, 0.1) is 0 Å². The molecule has 52 valence electrons. The van der Waals surface area contributed by atoms with Crippen molar-refractivity contribution in [1.29, 1.82) is 0 Å². The third-order valence-corrected chi connectivity index (χ3v) is 0.738. The van der Waals surface area contributed by atoms with Gasteiger partial charge in [0.1, 0.15) is 6.04 Å². The monoisotopic (exact) mass is 134 g/mol. The minimum absolute atomic E-state index is 0.310. The van der Waals surface area contributed by atoms with Crippen LogP contribution >= 0.6 is 0 Å². The Labute approximate surface area is 51.6 Å². The molecule has 0 radical (unpaired) electrons. The van der Waals surface area contributed by atoms with Crippen LogP contribution in [0.15, 0.2) is 0 Å². The summed E-state index contributed by atoms with van der Waals surface area (Å²) in [4.78, 5) is 19.9. The Morgan fingerprint density at radius 3 is 2.33 bits per heavy atom. The normalized spacial score (nSPS) is 12.6. The molecule has 0 aliphatic carbocycles. The number of carbonyl (C=O) groups excluding carboxylic acids is 1. The van der Waals surface area contributed by atoms with Crippen LogP contribution in [-0.4, -0.2) is 23.0 Å². The molecule has 0 aromatic heterocycles. The fourth-order valence-electron chi connectivity index (χ4n) is 0.304. The number of primary amides is 1. The fourth-order valence-corrected chi connectivity index (χ4v) is 0.304. The first-order valence-electron chi connectivity index (χ1n) is 2.30. The van der Waals surface area contributed by atoms with Crippen molar-refractivity contribution in [2.75, 3.05) is 0 Å². The summed E-state index contributed by atoms with van der Waals surface area (Å²) in [5, 5.41) is 8.10. The molecule has 0 fully saturated rings. The Balaban J connectivity index is 3.63. The van der Waals surface area contributed by atoms with E-state index in [1.165, 1.54) is 0 Å². The van der Waals surface area contributed by atoms with E-state index in [2.05, 4.69) is 5.73 Å². The number of aliphatic carboxylic acids is 1. The molecule has 0 bridgehead atoms. The van der Waals surface area contributed by atoms with Crippen LogP contribution in [0.4, 0.5) is 0 Å². The van der Waals surface area contributed by atoms with Crippen LogP contribution in [0.3, 0.4) is 0 Å². The van der Waals surface area contributed by atoms with E-state index in [-0.39, 0.29) is 6.42 Å². The third kappa shape index (κ3) is 3.48. The van der Waals surface area contributed by atoms with E-state index in [4.69, 9.17) is 10.8 Å². The van der Waals surface area contributed by atoms with Gasteiger partial charge >= 0.3 is 5.97 Å². The second kappa shape index (κ2) is 3.03. The predicted octanol–water partition coefficient (Wildman–Crippen LogP) is -1.73. The van der Waals surface area contributed by atoms with Crippen molar-refractivity contribution in [3.8, 4) is 0 Å². The van der Waals surface area contributed by atoms with Crippen LogP contribution in [0.1, 0.15) is 6.42 Å². The molecule has 0 rings (SSSR count). The topological polar surface area (TPSA) is 106 Å². The lowest BCUT2D eigenvalue weighted by atomic mass is 10.3. The molecule has 1 atom stereocenters. The van der Waals surface area contributed by atoms with E-state index in [1.54, 1.807) is 0 Å². The summed E-state index contributed by atoms with van der Waals surface area (Å²) in [6, 6.07) is -1.16. The molecule has 5 N–H and O–H groups in total. The molecule has 9 heavy (non-hydrogen) atoms.